The van der Waals surface area contributed by atoms with Gasteiger partial charge in [-0.2, -0.15) is 4.68 Å². The molecular formula is C28H30ClN7O4S. The predicted molar refractivity (Wildman–Crippen MR) is 154 cm³/mol. The Balaban J connectivity index is 1.33. The third-order valence-corrected chi connectivity index (χ3v) is 8.41. The third-order valence-electron chi connectivity index (χ3n) is 7.08. The first kappa shape index (κ1) is 28.9. The van der Waals surface area contributed by atoms with Crippen LogP contribution in [0.1, 0.15) is 46.1 Å². The van der Waals surface area contributed by atoms with Gasteiger partial charge in [-0.15, -0.1) is 5.10 Å². The number of halogens is 1. The molecule has 1 atom stereocenters. The van der Waals surface area contributed by atoms with Gasteiger partial charge in [0.15, 0.2) is 11.0 Å². The van der Waals surface area contributed by atoms with E-state index in [1.165, 1.54) is 21.3 Å². The lowest BCUT2D eigenvalue weighted by Gasteiger charge is -2.32. The maximum absolute atomic E-state index is 13.5. The quantitative estimate of drug-likeness (QED) is 0.228. The van der Waals surface area contributed by atoms with E-state index in [9.17, 15) is 14.4 Å². The summed E-state index contributed by atoms with van der Waals surface area (Å²) >= 11 is 7.64. The van der Waals surface area contributed by atoms with E-state index in [1.807, 2.05) is 17.0 Å². The Morgan fingerprint density at radius 3 is 2.51 bits per heavy atom. The molecule has 1 unspecified atom stereocenters. The summed E-state index contributed by atoms with van der Waals surface area (Å²) in [5, 5.41) is 12.8. The number of amidine groups is 1. The van der Waals surface area contributed by atoms with Crippen LogP contribution in [0.3, 0.4) is 0 Å². The average Bonchev–Trinajstić information content (AvgIpc) is 3.41. The Hall–Kier alpha value is -3.58. The number of carbonyl (C=O) groups excluding carboxylic acids is 3. The van der Waals surface area contributed by atoms with Gasteiger partial charge in [-0.3, -0.25) is 29.6 Å². The molecular weight excluding hydrogens is 566 g/mol. The minimum atomic E-state index is -0.423. The molecule has 0 spiro atoms. The SMILES string of the molecule is N=C(N)c1ccc(CSc2nc(C3CCN(C(=O)CN4CCOCC4)C(=O)C3)nn2C(=O)c2ccccc2Cl)cc1. The molecule has 41 heavy (non-hydrogen) atoms. The average molecular weight is 596 g/mol. The van der Waals surface area contributed by atoms with Crippen LogP contribution < -0.4 is 5.73 Å². The van der Waals surface area contributed by atoms with E-state index in [-0.39, 0.29) is 48.6 Å². The van der Waals surface area contributed by atoms with Gasteiger partial charge >= 0.3 is 0 Å². The predicted octanol–water partition coefficient (Wildman–Crippen LogP) is 2.76. The number of rotatable bonds is 8. The first-order valence-electron chi connectivity index (χ1n) is 13.3. The van der Waals surface area contributed by atoms with E-state index in [2.05, 4.69) is 10.1 Å². The van der Waals surface area contributed by atoms with Crippen molar-refractivity contribution in [3.63, 3.8) is 0 Å². The highest BCUT2D eigenvalue weighted by atomic mass is 35.5. The highest BCUT2D eigenvalue weighted by molar-refractivity contribution is 7.98. The number of morpholine rings is 1. The minimum absolute atomic E-state index is 0.0117. The largest absolute Gasteiger partial charge is 0.384 e. The second-order valence-corrected chi connectivity index (χ2v) is 11.2. The molecule has 0 saturated carbocycles. The number of hydrogen-bond donors (Lipinski definition) is 2. The van der Waals surface area contributed by atoms with Crippen molar-refractivity contribution in [1.29, 1.82) is 5.41 Å². The van der Waals surface area contributed by atoms with Gasteiger partial charge in [0.1, 0.15) is 5.84 Å². The van der Waals surface area contributed by atoms with Crippen LogP contribution in [-0.2, 0) is 20.1 Å². The molecule has 214 valence electrons. The lowest BCUT2D eigenvalue weighted by molar-refractivity contribution is -0.148. The molecule has 2 aromatic carbocycles. The van der Waals surface area contributed by atoms with E-state index in [0.29, 0.717) is 60.0 Å². The molecule has 3 heterocycles. The van der Waals surface area contributed by atoms with Crippen LogP contribution in [0, 0.1) is 5.41 Å². The zero-order valence-corrected chi connectivity index (χ0v) is 23.9. The van der Waals surface area contributed by atoms with Crippen molar-refractivity contribution in [1.82, 2.24) is 24.6 Å². The number of imide groups is 1. The van der Waals surface area contributed by atoms with E-state index in [4.69, 9.17) is 27.5 Å². The number of amides is 2. The zero-order valence-electron chi connectivity index (χ0n) is 22.3. The molecule has 2 fully saturated rings. The number of nitrogens with one attached hydrogen (secondary N) is 1. The van der Waals surface area contributed by atoms with Gasteiger partial charge in [-0.05, 0) is 24.1 Å². The van der Waals surface area contributed by atoms with Crippen LogP contribution in [0.15, 0.2) is 53.7 Å². The Kier molecular flexibility index (Phi) is 9.13. The Bertz CT molecular complexity index is 1460. The van der Waals surface area contributed by atoms with Crippen molar-refractivity contribution >= 4 is 46.9 Å². The Morgan fingerprint density at radius 1 is 1.10 bits per heavy atom. The second kappa shape index (κ2) is 12.9. The minimum Gasteiger partial charge on any atom is -0.384 e. The van der Waals surface area contributed by atoms with Gasteiger partial charge < -0.3 is 10.5 Å². The van der Waals surface area contributed by atoms with Gasteiger partial charge in [0.05, 0.1) is 30.3 Å². The normalized spacial score (nSPS) is 17.9. The third kappa shape index (κ3) is 6.84. The molecule has 5 rings (SSSR count). The summed E-state index contributed by atoms with van der Waals surface area (Å²) in [5.74, 6) is -0.379. The lowest BCUT2D eigenvalue weighted by atomic mass is 9.95. The molecule has 11 nitrogen and oxygen atoms in total. The molecule has 2 aliphatic heterocycles. The number of benzene rings is 2. The van der Waals surface area contributed by atoms with E-state index in [0.717, 1.165) is 5.56 Å². The smallest absolute Gasteiger partial charge is 0.282 e. The number of piperidine rings is 1. The van der Waals surface area contributed by atoms with Crippen LogP contribution in [0.25, 0.3) is 0 Å². The fraction of sp³-hybridized carbons (Fsp3) is 0.357. The summed E-state index contributed by atoms with van der Waals surface area (Å²) in [4.78, 5) is 47.4. The molecule has 0 radical (unpaired) electrons. The topological polar surface area (TPSA) is 147 Å². The molecule has 2 aliphatic rings. The standard InChI is InChI=1S/C28H30ClN7O4S/c29-22-4-2-1-3-21(22)27(39)36-28(41-17-18-5-7-19(8-6-18)25(30)31)32-26(33-36)20-9-10-35(23(37)15-20)24(38)16-34-11-13-40-14-12-34/h1-8,20H,9-17H2,(H3,30,31). The van der Waals surface area contributed by atoms with E-state index < -0.39 is 5.91 Å². The number of nitrogens with two attached hydrogens (primary N) is 1. The van der Waals surface area contributed by atoms with Crippen LogP contribution in [0.4, 0.5) is 0 Å². The Labute approximate surface area is 246 Å². The van der Waals surface area contributed by atoms with Gasteiger partial charge in [0.25, 0.3) is 5.91 Å². The molecule has 1 aromatic heterocycles. The number of aromatic nitrogens is 3. The summed E-state index contributed by atoms with van der Waals surface area (Å²) in [6.45, 7) is 2.94. The number of likely N-dealkylation sites (tertiary alicyclic amines) is 1. The van der Waals surface area contributed by atoms with Gasteiger partial charge in [0.2, 0.25) is 11.8 Å². The van der Waals surface area contributed by atoms with Crippen LogP contribution in [-0.4, -0.2) is 87.5 Å². The van der Waals surface area contributed by atoms with Crippen LogP contribution in [0.5, 0.6) is 0 Å². The number of ether oxygens (including phenoxy) is 1. The van der Waals surface area contributed by atoms with Gasteiger partial charge in [-0.1, -0.05) is 59.8 Å². The summed E-state index contributed by atoms with van der Waals surface area (Å²) in [6.07, 6.45) is 0.581. The summed E-state index contributed by atoms with van der Waals surface area (Å²) in [7, 11) is 0. The van der Waals surface area contributed by atoms with E-state index >= 15 is 0 Å². The number of carbonyl (C=O) groups is 3. The molecule has 2 saturated heterocycles. The highest BCUT2D eigenvalue weighted by Gasteiger charge is 2.34. The first-order valence-corrected chi connectivity index (χ1v) is 14.6. The van der Waals surface area contributed by atoms with Crippen molar-refractivity contribution in [3.05, 3.63) is 76.1 Å². The fourth-order valence-corrected chi connectivity index (χ4v) is 5.85. The maximum Gasteiger partial charge on any atom is 0.282 e. The monoisotopic (exact) mass is 595 g/mol. The summed E-state index contributed by atoms with van der Waals surface area (Å²) in [5.41, 5.74) is 7.42. The maximum atomic E-state index is 13.5. The second-order valence-electron chi connectivity index (χ2n) is 9.87. The summed E-state index contributed by atoms with van der Waals surface area (Å²) < 4.78 is 6.58. The Morgan fingerprint density at radius 2 is 1.83 bits per heavy atom. The molecule has 2 amide bonds. The van der Waals surface area contributed by atoms with Crippen molar-refractivity contribution in [2.45, 2.75) is 29.7 Å². The van der Waals surface area contributed by atoms with Crippen molar-refractivity contribution in [3.8, 4) is 0 Å². The van der Waals surface area contributed by atoms with Crippen molar-refractivity contribution in [2.75, 3.05) is 39.4 Å². The van der Waals surface area contributed by atoms with Gasteiger partial charge in [0, 0.05) is 43.3 Å². The molecule has 13 heteroatoms. The number of nitrogen functional groups attached to an aromatic ring is 1. The van der Waals surface area contributed by atoms with E-state index in [1.54, 1.807) is 36.4 Å². The molecule has 0 bridgehead atoms. The molecule has 3 aromatic rings. The first-order chi connectivity index (χ1) is 19.8. The zero-order chi connectivity index (χ0) is 28.9. The van der Waals surface area contributed by atoms with Crippen molar-refractivity contribution in [2.24, 2.45) is 5.73 Å². The van der Waals surface area contributed by atoms with Gasteiger partial charge in [-0.25, -0.2) is 4.98 Å². The lowest BCUT2D eigenvalue weighted by Crippen LogP contribution is -2.49. The van der Waals surface area contributed by atoms with Crippen LogP contribution >= 0.6 is 23.4 Å². The number of hydrogen-bond acceptors (Lipinski definition) is 9. The molecule has 0 aliphatic carbocycles. The number of nitrogens with zero attached hydrogens (tertiary/aromatic N) is 5. The van der Waals surface area contributed by atoms with Crippen LogP contribution in [0.2, 0.25) is 5.02 Å². The summed E-state index contributed by atoms with van der Waals surface area (Å²) in [6, 6.07) is 14.0. The highest BCUT2D eigenvalue weighted by Crippen LogP contribution is 2.31. The molecule has 3 N–H and O–H groups in total. The fourth-order valence-electron chi connectivity index (χ4n) is 4.74. The van der Waals surface area contributed by atoms with Crippen molar-refractivity contribution < 1.29 is 19.1 Å². The number of thioether (sulfide) groups is 1.